The topological polar surface area (TPSA) is 70.7 Å². The third-order valence-electron chi connectivity index (χ3n) is 4.64. The van der Waals surface area contributed by atoms with Crippen molar-refractivity contribution in [1.29, 1.82) is 0 Å². The highest BCUT2D eigenvalue weighted by molar-refractivity contribution is 7.99. The van der Waals surface area contributed by atoms with Crippen LogP contribution in [0.4, 0.5) is 10.2 Å². The van der Waals surface area contributed by atoms with Crippen molar-refractivity contribution in [2.75, 3.05) is 11.1 Å². The van der Waals surface area contributed by atoms with Crippen LogP contribution in [0.5, 0.6) is 0 Å². The Morgan fingerprint density at radius 1 is 1.17 bits per heavy atom. The molecule has 3 aromatic rings. The van der Waals surface area contributed by atoms with Gasteiger partial charge in [0, 0.05) is 23.4 Å². The van der Waals surface area contributed by atoms with Gasteiger partial charge in [-0.3, -0.25) is 4.79 Å². The molecule has 0 amide bonds. The van der Waals surface area contributed by atoms with Gasteiger partial charge in [-0.2, -0.15) is 0 Å². The molecule has 1 aromatic carbocycles. The highest BCUT2D eigenvalue weighted by Gasteiger charge is 2.16. The quantitative estimate of drug-likeness (QED) is 0.484. The van der Waals surface area contributed by atoms with Crippen molar-refractivity contribution in [3.63, 3.8) is 0 Å². The van der Waals surface area contributed by atoms with Gasteiger partial charge in [0.1, 0.15) is 17.4 Å². The predicted molar refractivity (Wildman–Crippen MR) is 117 cm³/mol. The van der Waals surface area contributed by atoms with E-state index < -0.39 is 0 Å². The zero-order valence-electron chi connectivity index (χ0n) is 17.0. The largest absolute Gasteiger partial charge is 0.367 e. The smallest absolute Gasteiger partial charge is 0.166 e. The Balaban J connectivity index is 2.00. The fourth-order valence-electron chi connectivity index (χ4n) is 2.68. The Bertz CT molecular complexity index is 985. The number of imidazole rings is 1. The molecule has 152 valence electrons. The van der Waals surface area contributed by atoms with Gasteiger partial charge in [-0.05, 0) is 56.2 Å². The van der Waals surface area contributed by atoms with Crippen molar-refractivity contribution >= 4 is 23.4 Å². The number of H-pyrrole nitrogens is 1. The van der Waals surface area contributed by atoms with Crippen LogP contribution in [0.25, 0.3) is 22.5 Å². The number of pyridine rings is 1. The van der Waals surface area contributed by atoms with E-state index in [0.717, 1.165) is 28.3 Å². The number of aromatic amines is 1. The second-order valence-corrected chi connectivity index (χ2v) is 8.33. The standard InChI is InChI=1S/C22H25FN4OS/c1-13(2)15(4)25-19-11-17(9-10-24-19)21-20(16-5-7-18(23)8-6-16)26-22(27-21)29-12-14(3)28/h5-11,13,15H,12H2,1-4H3,(H,24,25)(H,26,27). The number of anilines is 1. The molecule has 0 aliphatic carbocycles. The Morgan fingerprint density at radius 2 is 1.90 bits per heavy atom. The molecule has 2 heterocycles. The SMILES string of the molecule is CC(=O)CSc1nc(-c2ccnc(NC(C)C(C)C)c2)c(-c2ccc(F)cc2)[nH]1. The Labute approximate surface area is 174 Å². The molecule has 0 aliphatic rings. The molecule has 3 rings (SSSR count). The van der Waals surface area contributed by atoms with E-state index in [2.05, 4.69) is 36.1 Å². The number of Topliss-reactive ketones (excluding diaryl/α,β-unsaturated/α-hetero) is 1. The highest BCUT2D eigenvalue weighted by Crippen LogP contribution is 2.33. The number of carbonyl (C=O) groups excluding carboxylic acids is 1. The van der Waals surface area contributed by atoms with Gasteiger partial charge in [0.2, 0.25) is 0 Å². The number of hydrogen-bond acceptors (Lipinski definition) is 5. The maximum absolute atomic E-state index is 13.4. The van der Waals surface area contributed by atoms with Crippen LogP contribution in [0.3, 0.4) is 0 Å². The van der Waals surface area contributed by atoms with Gasteiger partial charge in [0.25, 0.3) is 0 Å². The van der Waals surface area contributed by atoms with Gasteiger partial charge in [0.05, 0.1) is 17.1 Å². The van der Waals surface area contributed by atoms with Crippen LogP contribution in [0, 0.1) is 11.7 Å². The first kappa shape index (κ1) is 21.0. The van der Waals surface area contributed by atoms with Gasteiger partial charge >= 0.3 is 0 Å². The number of nitrogens with zero attached hydrogens (tertiary/aromatic N) is 2. The lowest BCUT2D eigenvalue weighted by molar-refractivity contribution is -0.114. The Kier molecular flexibility index (Phi) is 6.69. The van der Waals surface area contributed by atoms with Crippen molar-refractivity contribution in [2.45, 2.75) is 38.9 Å². The maximum Gasteiger partial charge on any atom is 0.166 e. The highest BCUT2D eigenvalue weighted by atomic mass is 32.2. The molecule has 2 aromatic heterocycles. The van der Waals surface area contributed by atoms with Gasteiger partial charge in [-0.15, -0.1) is 0 Å². The van der Waals surface area contributed by atoms with E-state index in [9.17, 15) is 9.18 Å². The number of ketones is 1. The molecule has 1 atom stereocenters. The number of rotatable bonds is 8. The first-order valence-electron chi connectivity index (χ1n) is 9.54. The van der Waals surface area contributed by atoms with Gasteiger partial charge < -0.3 is 10.3 Å². The van der Waals surface area contributed by atoms with Crippen molar-refractivity contribution in [2.24, 2.45) is 5.92 Å². The third-order valence-corrected chi connectivity index (χ3v) is 5.65. The number of hydrogen-bond donors (Lipinski definition) is 2. The van der Waals surface area contributed by atoms with Crippen LogP contribution in [0.1, 0.15) is 27.7 Å². The summed E-state index contributed by atoms with van der Waals surface area (Å²) in [5.41, 5.74) is 3.24. The minimum Gasteiger partial charge on any atom is -0.367 e. The molecule has 0 radical (unpaired) electrons. The molecule has 0 saturated heterocycles. The summed E-state index contributed by atoms with van der Waals surface area (Å²) in [7, 11) is 0. The summed E-state index contributed by atoms with van der Waals surface area (Å²) in [6, 6.07) is 10.4. The zero-order valence-corrected chi connectivity index (χ0v) is 17.8. The molecule has 0 bridgehead atoms. The third kappa shape index (κ3) is 5.44. The Morgan fingerprint density at radius 3 is 2.55 bits per heavy atom. The lowest BCUT2D eigenvalue weighted by atomic mass is 10.0. The van der Waals surface area contributed by atoms with Crippen LogP contribution < -0.4 is 5.32 Å². The number of nitrogens with one attached hydrogen (secondary N) is 2. The van der Waals surface area contributed by atoms with E-state index in [4.69, 9.17) is 4.98 Å². The van der Waals surface area contributed by atoms with Crippen LogP contribution in [-0.4, -0.2) is 32.5 Å². The fraction of sp³-hybridized carbons (Fsp3) is 0.318. The molecule has 5 nitrogen and oxygen atoms in total. The molecule has 1 unspecified atom stereocenters. The number of thioether (sulfide) groups is 1. The van der Waals surface area contributed by atoms with E-state index >= 15 is 0 Å². The molecule has 2 N–H and O–H groups in total. The van der Waals surface area contributed by atoms with Crippen LogP contribution in [0.15, 0.2) is 47.8 Å². The molecular weight excluding hydrogens is 387 g/mol. The van der Waals surface area contributed by atoms with E-state index in [1.54, 1.807) is 25.3 Å². The number of carbonyl (C=O) groups is 1. The van der Waals surface area contributed by atoms with E-state index in [1.165, 1.54) is 23.9 Å². The average molecular weight is 413 g/mol. The first-order valence-corrected chi connectivity index (χ1v) is 10.5. The van der Waals surface area contributed by atoms with E-state index in [0.29, 0.717) is 16.8 Å². The summed E-state index contributed by atoms with van der Waals surface area (Å²) in [6.07, 6.45) is 1.75. The average Bonchev–Trinajstić information content (AvgIpc) is 3.11. The molecule has 29 heavy (non-hydrogen) atoms. The minimum absolute atomic E-state index is 0.0781. The predicted octanol–water partition coefficient (Wildman–Crippen LogP) is 5.42. The van der Waals surface area contributed by atoms with Crippen molar-refractivity contribution in [1.82, 2.24) is 15.0 Å². The minimum atomic E-state index is -0.293. The Hall–Kier alpha value is -2.67. The second-order valence-electron chi connectivity index (χ2n) is 7.37. The van der Waals surface area contributed by atoms with E-state index in [-0.39, 0.29) is 17.6 Å². The van der Waals surface area contributed by atoms with Gasteiger partial charge in [0.15, 0.2) is 5.16 Å². The van der Waals surface area contributed by atoms with Crippen LogP contribution in [-0.2, 0) is 4.79 Å². The van der Waals surface area contributed by atoms with Crippen molar-refractivity contribution in [3.05, 3.63) is 48.4 Å². The second kappa shape index (κ2) is 9.22. The zero-order chi connectivity index (χ0) is 21.0. The lowest BCUT2D eigenvalue weighted by Crippen LogP contribution is -2.22. The van der Waals surface area contributed by atoms with Gasteiger partial charge in [-0.25, -0.2) is 14.4 Å². The monoisotopic (exact) mass is 412 g/mol. The fourth-order valence-corrected chi connectivity index (χ4v) is 3.35. The number of halogens is 1. The maximum atomic E-state index is 13.4. The van der Waals surface area contributed by atoms with Crippen molar-refractivity contribution in [3.8, 4) is 22.5 Å². The first-order chi connectivity index (χ1) is 13.8. The normalized spacial score (nSPS) is 12.2. The molecule has 7 heteroatoms. The van der Waals surface area contributed by atoms with Gasteiger partial charge in [-0.1, -0.05) is 25.6 Å². The van der Waals surface area contributed by atoms with Crippen LogP contribution >= 0.6 is 11.8 Å². The molecule has 0 fully saturated rings. The summed E-state index contributed by atoms with van der Waals surface area (Å²) in [5.74, 6) is 1.36. The summed E-state index contributed by atoms with van der Waals surface area (Å²) in [4.78, 5) is 23.8. The summed E-state index contributed by atoms with van der Waals surface area (Å²) >= 11 is 1.35. The molecule has 0 saturated carbocycles. The molecule has 0 aliphatic heterocycles. The molecular formula is C22H25FN4OS. The molecule has 0 spiro atoms. The summed E-state index contributed by atoms with van der Waals surface area (Å²) in [6.45, 7) is 7.98. The number of aromatic nitrogens is 3. The van der Waals surface area contributed by atoms with Crippen LogP contribution in [0.2, 0.25) is 0 Å². The summed E-state index contributed by atoms with van der Waals surface area (Å²) in [5, 5.41) is 4.07. The summed E-state index contributed by atoms with van der Waals surface area (Å²) < 4.78 is 13.4. The number of benzene rings is 1. The lowest BCUT2D eigenvalue weighted by Gasteiger charge is -2.18. The van der Waals surface area contributed by atoms with E-state index in [1.807, 2.05) is 12.1 Å². The van der Waals surface area contributed by atoms with Crippen molar-refractivity contribution < 1.29 is 9.18 Å².